The highest BCUT2D eigenvalue weighted by Crippen LogP contribution is 2.44. The zero-order valence-electron chi connectivity index (χ0n) is 20.4. The van der Waals surface area contributed by atoms with Gasteiger partial charge in [-0.3, -0.25) is 4.57 Å². The molecular weight excluding hydrogens is 455 g/mol. The molecule has 0 bridgehead atoms. The molecule has 0 aliphatic carbocycles. The van der Waals surface area contributed by atoms with E-state index in [4.69, 9.17) is 14.5 Å². The molecule has 0 spiro atoms. The number of ether oxygens (including phenoxy) is 2. The lowest BCUT2D eigenvalue weighted by atomic mass is 9.79. The summed E-state index contributed by atoms with van der Waals surface area (Å²) in [6, 6.07) is 12.6. The summed E-state index contributed by atoms with van der Waals surface area (Å²) in [5, 5.41) is 9.22. The normalized spacial score (nSPS) is 17.7. The van der Waals surface area contributed by atoms with Crippen molar-refractivity contribution in [1.82, 2.24) is 9.55 Å². The van der Waals surface area contributed by atoms with Gasteiger partial charge in [-0.25, -0.2) is 4.98 Å². The lowest BCUT2D eigenvalue weighted by Gasteiger charge is -2.45. The number of aromatic nitrogens is 2. The van der Waals surface area contributed by atoms with Crippen LogP contribution in [0.2, 0.25) is 0 Å². The third-order valence-electron chi connectivity index (χ3n) is 6.23. The minimum atomic E-state index is -4.66. The Bertz CT molecular complexity index is 1270. The molecule has 1 aliphatic rings. The maximum Gasteiger partial charge on any atom is 0.417 e. The monoisotopic (exact) mass is 483 g/mol. The summed E-state index contributed by atoms with van der Waals surface area (Å²) in [6.07, 6.45) is -1.42. The SMILES string of the molecule is COc1ccccc1-c1nc(C2CC(C)(C)OC(C)(C)C2)cn1-c1ccc(C#N)c(C(F)(F)F)c1. The third kappa shape index (κ3) is 5.06. The standard InChI is InChI=1S/C27H28F3N3O2/c1-25(2)13-18(14-26(3,4)35-25)22-16-33(24(32-22)20-8-6-7-9-23(20)34-5)19-11-10-17(15-31)21(12-19)27(28,29)30/h6-12,16,18H,13-14H2,1-5H3. The van der Waals surface area contributed by atoms with Crippen LogP contribution in [0, 0.1) is 11.3 Å². The zero-order chi connectivity index (χ0) is 25.6. The van der Waals surface area contributed by atoms with Crippen molar-refractivity contribution in [1.29, 1.82) is 5.26 Å². The summed E-state index contributed by atoms with van der Waals surface area (Å²) in [5.41, 5.74) is -0.461. The Balaban J connectivity index is 1.92. The number of methoxy groups -OCH3 is 1. The number of benzene rings is 2. The Labute approximate surface area is 203 Å². The van der Waals surface area contributed by atoms with E-state index in [9.17, 15) is 18.4 Å². The third-order valence-corrected chi connectivity index (χ3v) is 6.23. The van der Waals surface area contributed by atoms with E-state index >= 15 is 0 Å². The molecule has 2 heterocycles. The van der Waals surface area contributed by atoms with Crippen LogP contribution in [-0.2, 0) is 10.9 Å². The van der Waals surface area contributed by atoms with E-state index in [0.29, 0.717) is 17.1 Å². The average molecular weight is 484 g/mol. The van der Waals surface area contributed by atoms with Crippen LogP contribution in [0.25, 0.3) is 17.1 Å². The highest BCUT2D eigenvalue weighted by atomic mass is 19.4. The first kappa shape index (κ1) is 24.8. The van der Waals surface area contributed by atoms with E-state index < -0.39 is 17.3 Å². The number of nitrogens with zero attached hydrogens (tertiary/aromatic N) is 3. The van der Waals surface area contributed by atoms with Gasteiger partial charge in [0.25, 0.3) is 0 Å². The molecule has 1 fully saturated rings. The number of alkyl halides is 3. The van der Waals surface area contributed by atoms with E-state index in [1.165, 1.54) is 12.1 Å². The molecule has 1 saturated heterocycles. The first-order valence-electron chi connectivity index (χ1n) is 11.4. The second kappa shape index (κ2) is 8.72. The van der Waals surface area contributed by atoms with Crippen LogP contribution in [0.3, 0.4) is 0 Å². The number of para-hydroxylation sites is 1. The van der Waals surface area contributed by atoms with Gasteiger partial charge in [0.15, 0.2) is 0 Å². The fourth-order valence-corrected chi connectivity index (χ4v) is 5.12. The predicted octanol–water partition coefficient (Wildman–Crippen LogP) is 6.89. The molecule has 1 aliphatic heterocycles. The highest BCUT2D eigenvalue weighted by molar-refractivity contribution is 5.67. The van der Waals surface area contributed by atoms with E-state index in [2.05, 4.69) is 0 Å². The lowest BCUT2D eigenvalue weighted by molar-refractivity contribution is -0.162. The van der Waals surface area contributed by atoms with Gasteiger partial charge in [-0.15, -0.1) is 0 Å². The first-order chi connectivity index (χ1) is 16.3. The van der Waals surface area contributed by atoms with Crippen LogP contribution in [0.15, 0.2) is 48.7 Å². The Morgan fingerprint density at radius 3 is 2.34 bits per heavy atom. The second-order valence-corrected chi connectivity index (χ2v) is 10.1. The first-order valence-corrected chi connectivity index (χ1v) is 11.4. The lowest BCUT2D eigenvalue weighted by Crippen LogP contribution is -2.44. The smallest absolute Gasteiger partial charge is 0.417 e. The van der Waals surface area contributed by atoms with Gasteiger partial charge in [0.05, 0.1) is 46.8 Å². The maximum absolute atomic E-state index is 13.7. The van der Waals surface area contributed by atoms with Gasteiger partial charge in [0, 0.05) is 17.8 Å². The summed E-state index contributed by atoms with van der Waals surface area (Å²) in [4.78, 5) is 4.94. The maximum atomic E-state index is 13.7. The van der Waals surface area contributed by atoms with Crippen molar-refractivity contribution in [3.63, 3.8) is 0 Å². The molecule has 0 N–H and O–H groups in total. The van der Waals surface area contributed by atoms with Crippen molar-refractivity contribution < 1.29 is 22.6 Å². The van der Waals surface area contributed by atoms with Gasteiger partial charge >= 0.3 is 6.18 Å². The van der Waals surface area contributed by atoms with E-state index in [-0.39, 0.29) is 22.8 Å². The second-order valence-electron chi connectivity index (χ2n) is 10.1. The molecule has 8 heteroatoms. The molecule has 5 nitrogen and oxygen atoms in total. The van der Waals surface area contributed by atoms with Crippen molar-refractivity contribution in [3.8, 4) is 28.9 Å². The minimum Gasteiger partial charge on any atom is -0.496 e. The van der Waals surface area contributed by atoms with Crippen molar-refractivity contribution >= 4 is 0 Å². The van der Waals surface area contributed by atoms with Crippen molar-refractivity contribution in [3.05, 3.63) is 65.5 Å². The predicted molar refractivity (Wildman–Crippen MR) is 126 cm³/mol. The van der Waals surface area contributed by atoms with Crippen LogP contribution in [0.5, 0.6) is 5.75 Å². The average Bonchev–Trinajstić information content (AvgIpc) is 3.21. The van der Waals surface area contributed by atoms with Crippen LogP contribution < -0.4 is 4.74 Å². The number of nitriles is 1. The molecular formula is C27H28F3N3O2. The summed E-state index contributed by atoms with van der Waals surface area (Å²) >= 11 is 0. The van der Waals surface area contributed by atoms with Crippen molar-refractivity contribution in [2.45, 2.75) is 63.8 Å². The number of hydrogen-bond acceptors (Lipinski definition) is 4. The summed E-state index contributed by atoms with van der Waals surface area (Å²) in [6.45, 7) is 8.15. The van der Waals surface area contributed by atoms with Crippen LogP contribution in [-0.4, -0.2) is 27.9 Å². The number of rotatable bonds is 4. The molecule has 0 amide bonds. The van der Waals surface area contributed by atoms with Gasteiger partial charge in [-0.1, -0.05) is 12.1 Å². The number of hydrogen-bond donors (Lipinski definition) is 0. The molecule has 1 aromatic heterocycles. The number of halogens is 3. The molecule has 2 aromatic carbocycles. The van der Waals surface area contributed by atoms with Crippen LogP contribution in [0.1, 0.15) is 63.3 Å². The van der Waals surface area contributed by atoms with Crippen molar-refractivity contribution in [2.75, 3.05) is 7.11 Å². The van der Waals surface area contributed by atoms with E-state index in [1.54, 1.807) is 30.0 Å². The van der Waals surface area contributed by atoms with Gasteiger partial charge in [0.2, 0.25) is 0 Å². The molecule has 4 rings (SSSR count). The molecule has 0 radical (unpaired) electrons. The van der Waals surface area contributed by atoms with Gasteiger partial charge in [-0.05, 0) is 70.9 Å². The molecule has 0 saturated carbocycles. The summed E-state index contributed by atoms with van der Waals surface area (Å²) in [5.74, 6) is 1.07. The number of imidazole rings is 1. The fourth-order valence-electron chi connectivity index (χ4n) is 5.12. The quantitative estimate of drug-likeness (QED) is 0.405. The Kier molecular flexibility index (Phi) is 6.18. The van der Waals surface area contributed by atoms with Gasteiger partial charge in [-0.2, -0.15) is 18.4 Å². The minimum absolute atomic E-state index is 0.0453. The van der Waals surface area contributed by atoms with Gasteiger partial charge in [0.1, 0.15) is 11.6 Å². The Hall–Kier alpha value is -3.31. The van der Waals surface area contributed by atoms with E-state index in [1.807, 2.05) is 45.9 Å². The van der Waals surface area contributed by atoms with Crippen LogP contribution in [0.4, 0.5) is 13.2 Å². The van der Waals surface area contributed by atoms with Gasteiger partial charge < -0.3 is 9.47 Å². The Morgan fingerprint density at radius 1 is 1.09 bits per heavy atom. The fraction of sp³-hybridized carbons (Fsp3) is 0.407. The molecule has 3 aromatic rings. The molecule has 184 valence electrons. The zero-order valence-corrected chi connectivity index (χ0v) is 20.4. The molecule has 0 unspecified atom stereocenters. The van der Waals surface area contributed by atoms with E-state index in [0.717, 1.165) is 24.6 Å². The molecule has 0 atom stereocenters. The summed E-state index contributed by atoms with van der Waals surface area (Å²) in [7, 11) is 1.54. The Morgan fingerprint density at radius 2 is 1.74 bits per heavy atom. The molecule has 35 heavy (non-hydrogen) atoms. The largest absolute Gasteiger partial charge is 0.496 e. The highest BCUT2D eigenvalue weighted by Gasteiger charge is 2.41. The van der Waals surface area contributed by atoms with Crippen LogP contribution >= 0.6 is 0 Å². The summed E-state index contributed by atoms with van der Waals surface area (Å²) < 4.78 is 54.6. The van der Waals surface area contributed by atoms with Crippen molar-refractivity contribution in [2.24, 2.45) is 0 Å². The topological polar surface area (TPSA) is 60.1 Å².